The average Bonchev–Trinajstić information content (AvgIpc) is 2.57. The highest BCUT2D eigenvalue weighted by Gasteiger charge is 2.57. The van der Waals surface area contributed by atoms with Crippen LogP contribution in [0.4, 0.5) is 5.69 Å². The Bertz CT molecular complexity index is 517. The minimum Gasteiger partial charge on any atom is -0.349 e. The largest absolute Gasteiger partial charge is 0.349 e. The predicted octanol–water partition coefficient (Wildman–Crippen LogP) is 2.38. The van der Waals surface area contributed by atoms with Crippen LogP contribution < -0.4 is 5.32 Å². The van der Waals surface area contributed by atoms with Gasteiger partial charge in [-0.05, 0) is 25.5 Å². The molecule has 0 saturated carbocycles. The van der Waals surface area contributed by atoms with Crippen molar-refractivity contribution >= 4 is 27.5 Å². The quantitative estimate of drug-likeness (QED) is 0.748. The highest BCUT2D eigenvalue weighted by Crippen LogP contribution is 2.47. The third-order valence-electron chi connectivity index (χ3n) is 3.48. The molecule has 1 N–H and O–H groups in total. The van der Waals surface area contributed by atoms with Gasteiger partial charge in [-0.25, -0.2) is 0 Å². The van der Waals surface area contributed by atoms with Crippen LogP contribution in [0.2, 0.25) is 0 Å². The number of benzene rings is 1. The summed E-state index contributed by atoms with van der Waals surface area (Å²) in [6, 6.07) is 7.64. The van der Waals surface area contributed by atoms with Crippen LogP contribution >= 0.6 is 15.9 Å². The number of nitrogens with one attached hydrogen (secondary N) is 1. The molecule has 1 spiro atoms. The van der Waals surface area contributed by atoms with E-state index >= 15 is 0 Å². The predicted molar refractivity (Wildman–Crippen MR) is 70.6 cm³/mol. The zero-order valence-corrected chi connectivity index (χ0v) is 11.8. The maximum absolute atomic E-state index is 12.3. The summed E-state index contributed by atoms with van der Waals surface area (Å²) in [5.74, 6) is -0.766. The lowest BCUT2D eigenvalue weighted by Crippen LogP contribution is -2.56. The van der Waals surface area contributed by atoms with Crippen molar-refractivity contribution in [3.05, 3.63) is 29.8 Å². The van der Waals surface area contributed by atoms with Gasteiger partial charge in [0.15, 0.2) is 5.79 Å². The summed E-state index contributed by atoms with van der Waals surface area (Å²) < 4.78 is 11.5. The SMILES string of the molecule is CC1(C)OCC2(C(=O)Nc3ccccc32)C(Br)O1. The molecule has 3 rings (SSSR count). The highest BCUT2D eigenvalue weighted by molar-refractivity contribution is 9.09. The van der Waals surface area contributed by atoms with Crippen LogP contribution in [-0.4, -0.2) is 23.3 Å². The Kier molecular flexibility index (Phi) is 2.56. The standard InChI is InChI=1S/C13H14BrNO3/c1-12(2)17-7-13(10(14)18-12)8-5-3-4-6-9(8)15-11(13)16/h3-6,10H,7H2,1-2H3,(H,15,16). The first-order valence-electron chi connectivity index (χ1n) is 5.82. The molecule has 0 radical (unpaired) electrons. The summed E-state index contributed by atoms with van der Waals surface area (Å²) in [7, 11) is 0. The van der Waals surface area contributed by atoms with Crippen LogP contribution in [0.15, 0.2) is 24.3 Å². The van der Waals surface area contributed by atoms with E-state index in [2.05, 4.69) is 21.2 Å². The van der Waals surface area contributed by atoms with E-state index in [0.29, 0.717) is 6.61 Å². The molecule has 1 fully saturated rings. The number of carbonyl (C=O) groups is 1. The van der Waals surface area contributed by atoms with Crippen LogP contribution in [0.1, 0.15) is 19.4 Å². The van der Waals surface area contributed by atoms with Crippen LogP contribution in [-0.2, 0) is 19.7 Å². The van der Waals surface area contributed by atoms with Crippen molar-refractivity contribution in [1.82, 2.24) is 0 Å². The van der Waals surface area contributed by atoms with Crippen molar-refractivity contribution in [2.24, 2.45) is 0 Å². The molecule has 96 valence electrons. The summed E-state index contributed by atoms with van der Waals surface area (Å²) in [6.07, 6.45) is 0. The zero-order chi connectivity index (χ0) is 13.0. The summed E-state index contributed by atoms with van der Waals surface area (Å²) in [4.78, 5) is 12.3. The number of halogens is 1. The fourth-order valence-electron chi connectivity index (χ4n) is 2.44. The van der Waals surface area contributed by atoms with E-state index in [1.165, 1.54) is 0 Å². The second-order valence-corrected chi connectivity index (χ2v) is 5.93. The van der Waals surface area contributed by atoms with Crippen molar-refractivity contribution < 1.29 is 14.3 Å². The molecule has 1 amide bonds. The second kappa shape index (κ2) is 3.79. The fraction of sp³-hybridized carbons (Fsp3) is 0.462. The van der Waals surface area contributed by atoms with Gasteiger partial charge < -0.3 is 14.8 Å². The lowest BCUT2D eigenvalue weighted by atomic mass is 9.82. The first-order chi connectivity index (χ1) is 8.46. The van der Waals surface area contributed by atoms with Gasteiger partial charge in [-0.2, -0.15) is 0 Å². The molecule has 0 aromatic heterocycles. The van der Waals surface area contributed by atoms with Crippen LogP contribution in [0.25, 0.3) is 0 Å². The molecule has 2 aliphatic rings. The summed E-state index contributed by atoms with van der Waals surface area (Å²) in [5, 5.41) is 2.48. The number of alkyl halides is 1. The number of para-hydroxylation sites is 1. The Balaban J connectivity index is 2.08. The van der Waals surface area contributed by atoms with Gasteiger partial charge in [0.05, 0.1) is 6.61 Å². The Morgan fingerprint density at radius 1 is 1.39 bits per heavy atom. The van der Waals surface area contributed by atoms with Gasteiger partial charge in [0.1, 0.15) is 10.4 Å². The van der Waals surface area contributed by atoms with E-state index in [0.717, 1.165) is 11.3 Å². The smallest absolute Gasteiger partial charge is 0.241 e. The van der Waals surface area contributed by atoms with Crippen molar-refractivity contribution in [3.8, 4) is 0 Å². The third-order valence-corrected chi connectivity index (χ3v) is 4.45. The molecule has 2 unspecified atom stereocenters. The Hall–Kier alpha value is -0.910. The Labute approximate surface area is 114 Å². The molecule has 4 nitrogen and oxygen atoms in total. The van der Waals surface area contributed by atoms with Crippen molar-refractivity contribution in [1.29, 1.82) is 0 Å². The first kappa shape index (κ1) is 12.1. The van der Waals surface area contributed by atoms with Crippen LogP contribution in [0, 0.1) is 0 Å². The summed E-state index contributed by atoms with van der Waals surface area (Å²) >= 11 is 3.50. The summed E-state index contributed by atoms with van der Waals surface area (Å²) in [6.45, 7) is 3.98. The molecule has 2 aliphatic heterocycles. The number of amides is 1. The molecule has 5 heteroatoms. The van der Waals surface area contributed by atoms with E-state index in [1.807, 2.05) is 38.1 Å². The van der Waals surface area contributed by atoms with E-state index in [-0.39, 0.29) is 5.91 Å². The van der Waals surface area contributed by atoms with Gasteiger partial charge in [-0.15, -0.1) is 0 Å². The molecular weight excluding hydrogens is 298 g/mol. The monoisotopic (exact) mass is 311 g/mol. The Morgan fingerprint density at radius 3 is 2.83 bits per heavy atom. The van der Waals surface area contributed by atoms with E-state index < -0.39 is 16.2 Å². The fourth-order valence-corrected chi connectivity index (χ4v) is 3.48. The number of rotatable bonds is 0. The maximum Gasteiger partial charge on any atom is 0.241 e. The van der Waals surface area contributed by atoms with E-state index in [1.54, 1.807) is 0 Å². The molecular formula is C13H14BrNO3. The molecule has 1 saturated heterocycles. The third kappa shape index (κ3) is 1.54. The molecule has 2 heterocycles. The topological polar surface area (TPSA) is 47.6 Å². The van der Waals surface area contributed by atoms with Gasteiger partial charge in [0.25, 0.3) is 0 Å². The van der Waals surface area contributed by atoms with Gasteiger partial charge in [-0.3, -0.25) is 4.79 Å². The van der Waals surface area contributed by atoms with Gasteiger partial charge in [0, 0.05) is 5.69 Å². The second-order valence-electron chi connectivity index (χ2n) is 5.09. The average molecular weight is 312 g/mol. The number of hydrogen-bond donors (Lipinski definition) is 1. The van der Waals surface area contributed by atoms with Crippen molar-refractivity contribution in [2.75, 3.05) is 11.9 Å². The lowest BCUT2D eigenvalue weighted by Gasteiger charge is -2.43. The van der Waals surface area contributed by atoms with Crippen LogP contribution in [0.5, 0.6) is 0 Å². The van der Waals surface area contributed by atoms with Crippen molar-refractivity contribution in [3.63, 3.8) is 0 Å². The number of fused-ring (bicyclic) bond motifs is 2. The van der Waals surface area contributed by atoms with Gasteiger partial charge in [-0.1, -0.05) is 34.1 Å². The van der Waals surface area contributed by atoms with Gasteiger partial charge in [0.2, 0.25) is 5.91 Å². The zero-order valence-electron chi connectivity index (χ0n) is 10.2. The normalized spacial score (nSPS) is 33.3. The molecule has 1 aromatic rings. The lowest BCUT2D eigenvalue weighted by molar-refractivity contribution is -0.272. The summed E-state index contributed by atoms with van der Waals surface area (Å²) in [5.41, 5.74) is 0.956. The van der Waals surface area contributed by atoms with Gasteiger partial charge >= 0.3 is 0 Å². The number of ether oxygens (including phenoxy) is 2. The molecule has 0 aliphatic carbocycles. The highest BCUT2D eigenvalue weighted by atomic mass is 79.9. The number of anilines is 1. The number of carbonyl (C=O) groups excluding carboxylic acids is 1. The maximum atomic E-state index is 12.3. The minimum atomic E-state index is -0.799. The first-order valence-corrected chi connectivity index (χ1v) is 6.74. The van der Waals surface area contributed by atoms with E-state index in [4.69, 9.17) is 9.47 Å². The number of hydrogen-bond acceptors (Lipinski definition) is 3. The molecule has 2 atom stereocenters. The Morgan fingerprint density at radius 2 is 2.11 bits per heavy atom. The molecule has 18 heavy (non-hydrogen) atoms. The molecule has 1 aromatic carbocycles. The van der Waals surface area contributed by atoms with Crippen molar-refractivity contribution in [2.45, 2.75) is 30.1 Å². The minimum absolute atomic E-state index is 0.0823. The molecule has 0 bridgehead atoms. The van der Waals surface area contributed by atoms with E-state index in [9.17, 15) is 4.79 Å². The van der Waals surface area contributed by atoms with Crippen LogP contribution in [0.3, 0.4) is 0 Å².